The van der Waals surface area contributed by atoms with E-state index in [1.54, 1.807) is 37.3 Å². The van der Waals surface area contributed by atoms with Gasteiger partial charge >= 0.3 is 11.9 Å². The molecule has 0 aliphatic carbocycles. The first-order chi connectivity index (χ1) is 20.2. The number of rotatable bonds is 13. The molecule has 0 saturated heterocycles. The molecule has 222 valence electrons. The van der Waals surface area contributed by atoms with E-state index < -0.39 is 11.9 Å². The Morgan fingerprint density at radius 3 is 1.43 bits per heavy atom. The average molecular weight is 607 g/mol. The molecule has 0 bridgehead atoms. The highest BCUT2D eigenvalue weighted by atomic mass is 32.2. The van der Waals surface area contributed by atoms with Crippen molar-refractivity contribution < 1.29 is 28.7 Å². The Labute approximate surface area is 257 Å². The lowest BCUT2D eigenvalue weighted by molar-refractivity contribution is -0.137. The minimum Gasteiger partial charge on any atom is -0.462 e. The van der Waals surface area contributed by atoms with E-state index in [9.17, 15) is 19.2 Å². The van der Waals surface area contributed by atoms with E-state index in [1.165, 1.54) is 35.4 Å². The number of benzene rings is 2. The van der Waals surface area contributed by atoms with E-state index in [1.807, 2.05) is 75.4 Å². The standard InChI is InChI=1S/C18H20O3S.C16H18O3S/c1-3-4-5-6-18(20)22-14-13-21-17(19)12-11-16-9-7-15(2)8-10-16;1-3-4-16(18)20-12-11-19-15(17)10-9-14-7-5-13(2)6-8-14/h3-12H,13-14H2,1-2H3;3-10H,11-12H2,1-2H3/b4-3+,6-5+,12-11+;4-3-,10-9+. The normalized spacial score (nSPS) is 11.3. The van der Waals surface area contributed by atoms with Crippen molar-refractivity contribution in [1.82, 2.24) is 0 Å². The molecule has 0 radical (unpaired) electrons. The number of hydrogen-bond acceptors (Lipinski definition) is 8. The first-order valence-electron chi connectivity index (χ1n) is 13.3. The van der Waals surface area contributed by atoms with E-state index in [0.29, 0.717) is 11.5 Å². The number of allylic oxidation sites excluding steroid dienone is 4. The van der Waals surface area contributed by atoms with Crippen molar-refractivity contribution in [1.29, 1.82) is 0 Å². The molecule has 6 nitrogen and oxygen atoms in total. The zero-order chi connectivity index (χ0) is 31.0. The maximum absolute atomic E-state index is 11.5. The fourth-order valence-corrected chi connectivity index (χ4v) is 3.97. The number of ether oxygens (including phenoxy) is 2. The Bertz CT molecular complexity index is 1270. The third kappa shape index (κ3) is 19.2. The number of esters is 2. The molecular formula is C34H38O6S2. The van der Waals surface area contributed by atoms with Crippen molar-refractivity contribution in [3.63, 3.8) is 0 Å². The molecule has 0 atom stereocenters. The quantitative estimate of drug-likeness (QED) is 0.101. The summed E-state index contributed by atoms with van der Waals surface area (Å²) in [6.07, 6.45) is 16.2. The number of aryl methyl sites for hydroxylation is 2. The Balaban J connectivity index is 0.000000422. The Morgan fingerprint density at radius 1 is 0.595 bits per heavy atom. The highest BCUT2D eigenvalue weighted by Gasteiger charge is 2.01. The Morgan fingerprint density at radius 2 is 1.02 bits per heavy atom. The predicted molar refractivity (Wildman–Crippen MR) is 176 cm³/mol. The molecule has 0 heterocycles. The van der Waals surface area contributed by atoms with Crippen LogP contribution >= 0.6 is 23.5 Å². The Kier molecular flexibility index (Phi) is 19.6. The van der Waals surface area contributed by atoms with E-state index in [-0.39, 0.29) is 23.4 Å². The van der Waals surface area contributed by atoms with Gasteiger partial charge in [-0.2, -0.15) is 0 Å². The van der Waals surface area contributed by atoms with Gasteiger partial charge in [0.15, 0.2) is 0 Å². The second-order valence-corrected chi connectivity index (χ2v) is 10.7. The summed E-state index contributed by atoms with van der Waals surface area (Å²) < 4.78 is 10.0. The minimum atomic E-state index is -0.405. The lowest BCUT2D eigenvalue weighted by Gasteiger charge is -2.00. The number of carbonyl (C=O) groups excluding carboxylic acids is 4. The van der Waals surface area contributed by atoms with Gasteiger partial charge in [-0.25, -0.2) is 9.59 Å². The van der Waals surface area contributed by atoms with Gasteiger partial charge in [0.05, 0.1) is 0 Å². The summed E-state index contributed by atoms with van der Waals surface area (Å²) >= 11 is 2.26. The van der Waals surface area contributed by atoms with Crippen LogP contribution in [0.4, 0.5) is 0 Å². The third-order valence-corrected chi connectivity index (χ3v) is 6.54. The SMILES string of the molecule is C/C=C/C=C/C(=O)SCCOC(=O)/C=C/c1ccc(C)cc1.C/C=C\C(=O)SCCOC(=O)/C=C/c1ccc(C)cc1. The van der Waals surface area contributed by atoms with Gasteiger partial charge in [-0.15, -0.1) is 0 Å². The molecular weight excluding hydrogens is 569 g/mol. The molecule has 0 saturated carbocycles. The zero-order valence-electron chi connectivity index (χ0n) is 24.5. The third-order valence-electron chi connectivity index (χ3n) is 4.96. The Hall–Kier alpha value is -3.88. The van der Waals surface area contributed by atoms with Crippen LogP contribution in [0.15, 0.2) is 97.1 Å². The smallest absolute Gasteiger partial charge is 0.330 e. The van der Waals surface area contributed by atoms with E-state index in [4.69, 9.17) is 9.47 Å². The second-order valence-electron chi connectivity index (χ2n) is 8.54. The van der Waals surface area contributed by atoms with Crippen LogP contribution in [0.25, 0.3) is 12.2 Å². The molecule has 0 fully saturated rings. The molecule has 2 rings (SSSR count). The lowest BCUT2D eigenvalue weighted by Crippen LogP contribution is -2.05. The largest absolute Gasteiger partial charge is 0.462 e. The molecule has 0 aromatic heterocycles. The average Bonchev–Trinajstić information content (AvgIpc) is 2.97. The maximum Gasteiger partial charge on any atom is 0.330 e. The van der Waals surface area contributed by atoms with E-state index in [0.717, 1.165) is 34.7 Å². The molecule has 0 aliphatic heterocycles. The van der Waals surface area contributed by atoms with Gasteiger partial charge in [-0.3, -0.25) is 9.59 Å². The van der Waals surface area contributed by atoms with Gasteiger partial charge in [-0.1, -0.05) is 107 Å². The molecule has 0 N–H and O–H groups in total. The summed E-state index contributed by atoms with van der Waals surface area (Å²) in [5.74, 6) is 0.110. The fourth-order valence-electron chi connectivity index (χ4n) is 2.83. The molecule has 0 unspecified atom stereocenters. The van der Waals surface area contributed by atoms with Crippen LogP contribution in [0.2, 0.25) is 0 Å². The first kappa shape index (κ1) is 36.1. The molecule has 8 heteroatoms. The molecule has 0 amide bonds. The van der Waals surface area contributed by atoms with Crippen molar-refractivity contribution in [2.24, 2.45) is 0 Å². The molecule has 0 spiro atoms. The minimum absolute atomic E-state index is 0.0289. The highest BCUT2D eigenvalue weighted by Crippen LogP contribution is 2.07. The highest BCUT2D eigenvalue weighted by molar-refractivity contribution is 8.14. The molecule has 42 heavy (non-hydrogen) atoms. The number of hydrogen-bond donors (Lipinski definition) is 0. The van der Waals surface area contributed by atoms with Gasteiger partial charge in [0, 0.05) is 23.7 Å². The van der Waals surface area contributed by atoms with Gasteiger partial charge in [0.1, 0.15) is 13.2 Å². The van der Waals surface area contributed by atoms with Crippen molar-refractivity contribution in [3.05, 3.63) is 119 Å². The molecule has 0 aliphatic rings. The van der Waals surface area contributed by atoms with Crippen LogP contribution in [-0.4, -0.2) is 46.9 Å². The number of carbonyl (C=O) groups is 4. The monoisotopic (exact) mass is 606 g/mol. The predicted octanol–water partition coefficient (Wildman–Crippen LogP) is 7.33. The van der Waals surface area contributed by atoms with Gasteiger partial charge in [0.25, 0.3) is 0 Å². The van der Waals surface area contributed by atoms with Gasteiger partial charge in [0.2, 0.25) is 10.2 Å². The summed E-state index contributed by atoms with van der Waals surface area (Å²) in [5, 5.41) is -0.0805. The summed E-state index contributed by atoms with van der Waals surface area (Å²) in [6, 6.07) is 15.7. The number of thioether (sulfide) groups is 2. The van der Waals surface area contributed by atoms with Crippen LogP contribution in [-0.2, 0) is 28.7 Å². The summed E-state index contributed by atoms with van der Waals surface area (Å²) in [5.41, 5.74) is 4.24. The summed E-state index contributed by atoms with van der Waals surface area (Å²) in [4.78, 5) is 45.5. The summed E-state index contributed by atoms with van der Waals surface area (Å²) in [7, 11) is 0. The topological polar surface area (TPSA) is 86.7 Å². The van der Waals surface area contributed by atoms with E-state index in [2.05, 4.69) is 0 Å². The van der Waals surface area contributed by atoms with Crippen molar-refractivity contribution in [2.75, 3.05) is 24.7 Å². The molecule has 2 aromatic rings. The van der Waals surface area contributed by atoms with Gasteiger partial charge in [-0.05, 0) is 63.1 Å². The van der Waals surface area contributed by atoms with Crippen LogP contribution in [0.1, 0.15) is 36.1 Å². The second kappa shape index (κ2) is 22.8. The van der Waals surface area contributed by atoms with Crippen molar-refractivity contribution in [2.45, 2.75) is 27.7 Å². The summed E-state index contributed by atoms with van der Waals surface area (Å²) in [6.45, 7) is 8.12. The van der Waals surface area contributed by atoms with E-state index >= 15 is 0 Å². The fraction of sp³-hybridized carbons (Fsp3) is 0.235. The first-order valence-corrected chi connectivity index (χ1v) is 15.3. The van der Waals surface area contributed by atoms with Crippen LogP contribution in [0, 0.1) is 13.8 Å². The lowest BCUT2D eigenvalue weighted by atomic mass is 10.1. The van der Waals surface area contributed by atoms with Crippen LogP contribution < -0.4 is 0 Å². The zero-order valence-corrected chi connectivity index (χ0v) is 26.1. The van der Waals surface area contributed by atoms with Crippen molar-refractivity contribution >= 4 is 57.8 Å². The molecule has 2 aromatic carbocycles. The van der Waals surface area contributed by atoms with Crippen LogP contribution in [0.5, 0.6) is 0 Å². The maximum atomic E-state index is 11.5. The van der Waals surface area contributed by atoms with Crippen LogP contribution in [0.3, 0.4) is 0 Å². The van der Waals surface area contributed by atoms with Crippen molar-refractivity contribution in [3.8, 4) is 0 Å². The van der Waals surface area contributed by atoms with Gasteiger partial charge < -0.3 is 9.47 Å².